The molecule has 140 valence electrons. The predicted molar refractivity (Wildman–Crippen MR) is 102 cm³/mol. The highest BCUT2D eigenvalue weighted by Crippen LogP contribution is 2.42. The van der Waals surface area contributed by atoms with Crippen LogP contribution in [0.2, 0.25) is 0 Å². The number of carbonyl (C=O) groups is 1. The number of carbonyl (C=O) groups excluding carboxylic acids is 1. The number of phenolic OH excluding ortho intramolecular Hbond substituents is 1. The first-order valence-corrected chi connectivity index (χ1v) is 8.62. The van der Waals surface area contributed by atoms with Crippen LogP contribution in [0.15, 0.2) is 48.7 Å². The van der Waals surface area contributed by atoms with Gasteiger partial charge in [0.1, 0.15) is 11.6 Å². The van der Waals surface area contributed by atoms with Gasteiger partial charge in [0.25, 0.3) is 0 Å². The topological polar surface area (TPSA) is 62.3 Å². The third-order valence-electron chi connectivity index (χ3n) is 5.12. The third kappa shape index (κ3) is 3.10. The number of benzene rings is 2. The Bertz CT molecular complexity index is 972. The van der Waals surface area contributed by atoms with Crippen LogP contribution in [-0.2, 0) is 10.2 Å². The van der Waals surface area contributed by atoms with Crippen molar-refractivity contribution in [3.63, 3.8) is 0 Å². The molecule has 3 rings (SSSR count). The number of methoxy groups -OCH3 is 1. The summed E-state index contributed by atoms with van der Waals surface area (Å²) in [5.41, 5.74) is 3.10. The SMILES string of the molecule is COC(=O)c1ccc(C(C)(c2ccc[nH]2)c2c(C)cc(O)cc2F)cc1C. The molecule has 0 saturated carbocycles. The molecule has 2 aromatic carbocycles. The molecule has 0 bridgehead atoms. The lowest BCUT2D eigenvalue weighted by Crippen LogP contribution is -2.28. The smallest absolute Gasteiger partial charge is 0.338 e. The van der Waals surface area contributed by atoms with E-state index in [0.717, 1.165) is 22.9 Å². The first kappa shape index (κ1) is 18.7. The van der Waals surface area contributed by atoms with Crippen LogP contribution < -0.4 is 0 Å². The molecule has 0 aliphatic heterocycles. The zero-order valence-corrected chi connectivity index (χ0v) is 15.8. The Labute approximate surface area is 157 Å². The monoisotopic (exact) mass is 367 g/mol. The molecule has 1 atom stereocenters. The van der Waals surface area contributed by atoms with Crippen molar-refractivity contribution in [2.24, 2.45) is 0 Å². The minimum absolute atomic E-state index is 0.111. The van der Waals surface area contributed by atoms with Gasteiger partial charge in [0.2, 0.25) is 0 Å². The van der Waals surface area contributed by atoms with Crippen molar-refractivity contribution in [3.8, 4) is 5.75 Å². The summed E-state index contributed by atoms with van der Waals surface area (Å²) >= 11 is 0. The molecule has 0 saturated heterocycles. The number of hydrogen-bond donors (Lipinski definition) is 2. The second-order valence-corrected chi connectivity index (χ2v) is 6.85. The van der Waals surface area contributed by atoms with Gasteiger partial charge in [-0.25, -0.2) is 9.18 Å². The molecule has 0 aliphatic rings. The van der Waals surface area contributed by atoms with Crippen molar-refractivity contribution in [2.45, 2.75) is 26.2 Å². The Morgan fingerprint density at radius 2 is 1.89 bits per heavy atom. The second kappa shape index (κ2) is 6.91. The Hall–Kier alpha value is -3.08. The molecule has 0 radical (unpaired) electrons. The number of aromatic amines is 1. The average molecular weight is 367 g/mol. The van der Waals surface area contributed by atoms with Crippen LogP contribution >= 0.6 is 0 Å². The first-order chi connectivity index (χ1) is 12.8. The van der Waals surface area contributed by atoms with E-state index in [1.54, 1.807) is 25.3 Å². The van der Waals surface area contributed by atoms with E-state index in [0.29, 0.717) is 16.7 Å². The molecule has 1 aromatic heterocycles. The van der Waals surface area contributed by atoms with Gasteiger partial charge in [-0.2, -0.15) is 0 Å². The summed E-state index contributed by atoms with van der Waals surface area (Å²) in [5, 5.41) is 9.75. The van der Waals surface area contributed by atoms with E-state index in [4.69, 9.17) is 4.74 Å². The van der Waals surface area contributed by atoms with E-state index in [-0.39, 0.29) is 5.75 Å². The van der Waals surface area contributed by atoms with Gasteiger partial charge in [-0.1, -0.05) is 12.1 Å². The van der Waals surface area contributed by atoms with Crippen molar-refractivity contribution in [2.75, 3.05) is 7.11 Å². The highest BCUT2D eigenvalue weighted by atomic mass is 19.1. The summed E-state index contributed by atoms with van der Waals surface area (Å²) in [5.74, 6) is -1.01. The maximum absolute atomic E-state index is 15.0. The van der Waals surface area contributed by atoms with Crippen molar-refractivity contribution in [1.82, 2.24) is 4.98 Å². The zero-order valence-electron chi connectivity index (χ0n) is 15.8. The molecule has 1 unspecified atom stereocenters. The molecule has 0 spiro atoms. The van der Waals surface area contributed by atoms with E-state index < -0.39 is 17.2 Å². The van der Waals surface area contributed by atoms with Crippen LogP contribution in [0.1, 0.15) is 45.2 Å². The Kier molecular flexibility index (Phi) is 4.79. The van der Waals surface area contributed by atoms with Crippen molar-refractivity contribution >= 4 is 5.97 Å². The highest BCUT2D eigenvalue weighted by Gasteiger charge is 2.36. The number of ether oxygens (including phenoxy) is 1. The number of halogens is 1. The molecule has 0 fully saturated rings. The molecular weight excluding hydrogens is 345 g/mol. The summed E-state index contributed by atoms with van der Waals surface area (Å²) in [6.45, 7) is 5.52. The van der Waals surface area contributed by atoms with Crippen LogP contribution in [0.4, 0.5) is 4.39 Å². The standard InChI is InChI=1S/C22H22FNO3/c1-13-10-15(7-8-17(13)21(26)27-4)22(3,19-6-5-9-24-19)20-14(2)11-16(25)12-18(20)23/h5-12,24-25H,1-4H3. The summed E-state index contributed by atoms with van der Waals surface area (Å²) in [6, 6.07) is 11.8. The van der Waals surface area contributed by atoms with Crippen molar-refractivity contribution < 1.29 is 19.0 Å². The van der Waals surface area contributed by atoms with Gasteiger partial charge in [-0.05, 0) is 61.7 Å². The van der Waals surface area contributed by atoms with E-state index in [2.05, 4.69) is 4.98 Å². The van der Waals surface area contributed by atoms with Gasteiger partial charge in [0.15, 0.2) is 0 Å². The number of aryl methyl sites for hydroxylation is 2. The fourth-order valence-corrected chi connectivity index (χ4v) is 3.75. The van der Waals surface area contributed by atoms with E-state index in [1.165, 1.54) is 7.11 Å². The maximum Gasteiger partial charge on any atom is 0.338 e. The fraction of sp³-hybridized carbons (Fsp3) is 0.227. The van der Waals surface area contributed by atoms with E-state index >= 15 is 0 Å². The van der Waals surface area contributed by atoms with Crippen LogP contribution in [0.25, 0.3) is 0 Å². The zero-order chi connectivity index (χ0) is 19.8. The van der Waals surface area contributed by atoms with Gasteiger partial charge >= 0.3 is 5.97 Å². The van der Waals surface area contributed by atoms with E-state index in [1.807, 2.05) is 38.1 Å². The lowest BCUT2D eigenvalue weighted by Gasteiger charge is -2.32. The van der Waals surface area contributed by atoms with Crippen LogP contribution in [0, 0.1) is 19.7 Å². The average Bonchev–Trinajstić information content (AvgIpc) is 3.15. The minimum atomic E-state index is -0.842. The molecule has 2 N–H and O–H groups in total. The molecular formula is C22H22FNO3. The summed E-state index contributed by atoms with van der Waals surface area (Å²) in [4.78, 5) is 15.1. The lowest BCUT2D eigenvalue weighted by molar-refractivity contribution is 0.0600. The number of phenols is 1. The Balaban J connectivity index is 2.29. The first-order valence-electron chi connectivity index (χ1n) is 8.62. The maximum atomic E-state index is 15.0. The van der Waals surface area contributed by atoms with Crippen LogP contribution in [0.3, 0.4) is 0 Å². The molecule has 0 aliphatic carbocycles. The van der Waals surface area contributed by atoms with Gasteiger partial charge in [-0.3, -0.25) is 0 Å². The van der Waals surface area contributed by atoms with Gasteiger partial charge in [-0.15, -0.1) is 0 Å². The van der Waals surface area contributed by atoms with Gasteiger partial charge in [0.05, 0.1) is 18.1 Å². The number of rotatable bonds is 4. The molecule has 0 amide bonds. The summed E-state index contributed by atoms with van der Waals surface area (Å²) in [6.07, 6.45) is 1.79. The van der Waals surface area contributed by atoms with E-state index in [9.17, 15) is 14.3 Å². The molecule has 4 nitrogen and oxygen atoms in total. The van der Waals surface area contributed by atoms with Gasteiger partial charge < -0.3 is 14.8 Å². The largest absolute Gasteiger partial charge is 0.508 e. The number of hydrogen-bond acceptors (Lipinski definition) is 3. The molecule has 5 heteroatoms. The normalized spacial score (nSPS) is 13.2. The number of H-pyrrole nitrogens is 1. The fourth-order valence-electron chi connectivity index (χ4n) is 3.75. The quantitative estimate of drug-likeness (QED) is 0.662. The van der Waals surface area contributed by atoms with Crippen LogP contribution in [0.5, 0.6) is 5.75 Å². The summed E-state index contributed by atoms with van der Waals surface area (Å²) < 4.78 is 19.8. The van der Waals surface area contributed by atoms with Crippen molar-refractivity contribution in [3.05, 3.63) is 88.0 Å². The number of nitrogens with one attached hydrogen (secondary N) is 1. The number of esters is 1. The molecule has 27 heavy (non-hydrogen) atoms. The highest BCUT2D eigenvalue weighted by molar-refractivity contribution is 5.91. The Morgan fingerprint density at radius 3 is 2.44 bits per heavy atom. The molecule has 1 heterocycles. The molecule has 3 aromatic rings. The van der Waals surface area contributed by atoms with Gasteiger partial charge in [0, 0.05) is 23.5 Å². The summed E-state index contributed by atoms with van der Waals surface area (Å²) in [7, 11) is 1.34. The third-order valence-corrected chi connectivity index (χ3v) is 5.12. The van der Waals surface area contributed by atoms with Crippen LogP contribution in [-0.4, -0.2) is 23.2 Å². The number of aromatic hydroxyl groups is 1. The Morgan fingerprint density at radius 1 is 1.15 bits per heavy atom. The number of aromatic nitrogens is 1. The lowest BCUT2D eigenvalue weighted by atomic mass is 9.71. The minimum Gasteiger partial charge on any atom is -0.508 e. The predicted octanol–water partition coefficient (Wildman–Crippen LogP) is 4.62. The van der Waals surface area contributed by atoms with Crippen molar-refractivity contribution in [1.29, 1.82) is 0 Å². The second-order valence-electron chi connectivity index (χ2n) is 6.85.